The predicted octanol–water partition coefficient (Wildman–Crippen LogP) is 1.64. The second-order valence-corrected chi connectivity index (χ2v) is 7.88. The number of nitrogens with one attached hydrogen (secondary N) is 1. The molecule has 2 atom stereocenters. The summed E-state index contributed by atoms with van der Waals surface area (Å²) in [6, 6.07) is 3.70. The van der Waals surface area contributed by atoms with Crippen LogP contribution in [0.2, 0.25) is 0 Å². The van der Waals surface area contributed by atoms with Crippen LogP contribution in [0, 0.1) is 0 Å². The van der Waals surface area contributed by atoms with Gasteiger partial charge in [0.25, 0.3) is 11.5 Å². The van der Waals surface area contributed by atoms with Gasteiger partial charge >= 0.3 is 0 Å². The van der Waals surface area contributed by atoms with Crippen molar-refractivity contribution in [1.29, 1.82) is 0 Å². The molecule has 138 valence electrons. The first kappa shape index (κ1) is 17.2. The van der Waals surface area contributed by atoms with Crippen molar-refractivity contribution in [2.75, 3.05) is 24.5 Å². The number of thiophene rings is 1. The summed E-state index contributed by atoms with van der Waals surface area (Å²) in [5.74, 6) is 0.573. The van der Waals surface area contributed by atoms with Crippen molar-refractivity contribution < 1.29 is 9.53 Å². The number of hydrogen-bond donors (Lipinski definition) is 1. The average molecular weight is 374 g/mol. The summed E-state index contributed by atoms with van der Waals surface area (Å²) in [5, 5.41) is 1.90. The van der Waals surface area contributed by atoms with Crippen LogP contribution in [0.15, 0.2) is 22.3 Å². The van der Waals surface area contributed by atoms with Crippen LogP contribution in [0.4, 0.5) is 5.95 Å². The lowest BCUT2D eigenvalue weighted by atomic mass is 10.1. The van der Waals surface area contributed by atoms with Crippen molar-refractivity contribution in [1.82, 2.24) is 14.9 Å². The highest BCUT2D eigenvalue weighted by Crippen LogP contribution is 2.22. The molecule has 1 N–H and O–H groups in total. The number of aromatic amines is 1. The first-order valence-corrected chi connectivity index (χ1v) is 9.74. The summed E-state index contributed by atoms with van der Waals surface area (Å²) in [6.07, 6.45) is 0.694. The molecule has 4 heterocycles. The topological polar surface area (TPSA) is 78.5 Å². The zero-order valence-corrected chi connectivity index (χ0v) is 15.7. The summed E-state index contributed by atoms with van der Waals surface area (Å²) in [7, 11) is 0. The fourth-order valence-corrected chi connectivity index (χ4v) is 4.35. The lowest BCUT2D eigenvalue weighted by Crippen LogP contribution is -2.47. The number of carbonyl (C=O) groups is 1. The van der Waals surface area contributed by atoms with Gasteiger partial charge in [-0.25, -0.2) is 4.98 Å². The molecule has 0 aliphatic carbocycles. The number of nitrogens with zero attached hydrogens (tertiary/aromatic N) is 3. The molecule has 0 aromatic carbocycles. The third kappa shape index (κ3) is 3.26. The molecule has 4 rings (SSSR count). The van der Waals surface area contributed by atoms with E-state index >= 15 is 0 Å². The Morgan fingerprint density at radius 1 is 1.35 bits per heavy atom. The summed E-state index contributed by atoms with van der Waals surface area (Å²) in [6.45, 7) is 6.31. The fraction of sp³-hybridized carbons (Fsp3) is 0.500. The minimum absolute atomic E-state index is 0.00268. The maximum absolute atomic E-state index is 12.6. The van der Waals surface area contributed by atoms with E-state index in [1.807, 2.05) is 31.4 Å². The number of fused-ring (bicyclic) bond motifs is 1. The van der Waals surface area contributed by atoms with Gasteiger partial charge in [-0.3, -0.25) is 14.6 Å². The molecule has 2 aliphatic heterocycles. The van der Waals surface area contributed by atoms with E-state index in [2.05, 4.69) is 9.88 Å². The maximum atomic E-state index is 12.6. The smallest absolute Gasteiger partial charge is 0.264 e. The number of H-pyrrole nitrogens is 1. The van der Waals surface area contributed by atoms with E-state index in [4.69, 9.17) is 9.72 Å². The van der Waals surface area contributed by atoms with Crippen LogP contribution < -0.4 is 10.5 Å². The van der Waals surface area contributed by atoms with E-state index in [9.17, 15) is 9.59 Å². The Morgan fingerprint density at radius 2 is 2.12 bits per heavy atom. The van der Waals surface area contributed by atoms with Gasteiger partial charge in [-0.15, -0.1) is 11.3 Å². The van der Waals surface area contributed by atoms with Crippen LogP contribution in [0.25, 0.3) is 0 Å². The summed E-state index contributed by atoms with van der Waals surface area (Å²) >= 11 is 1.43. The first-order chi connectivity index (χ1) is 12.5. The number of anilines is 1. The molecule has 0 spiro atoms. The maximum Gasteiger partial charge on any atom is 0.264 e. The molecule has 7 nitrogen and oxygen atoms in total. The third-order valence-electron chi connectivity index (χ3n) is 4.80. The Balaban J connectivity index is 1.60. The quantitative estimate of drug-likeness (QED) is 0.865. The van der Waals surface area contributed by atoms with Crippen LogP contribution in [0.5, 0.6) is 0 Å². The number of rotatable bonds is 2. The minimum Gasteiger partial charge on any atom is -0.372 e. The Hall–Kier alpha value is -2.19. The molecule has 1 saturated heterocycles. The van der Waals surface area contributed by atoms with Crippen molar-refractivity contribution >= 4 is 23.2 Å². The zero-order valence-electron chi connectivity index (χ0n) is 14.9. The largest absolute Gasteiger partial charge is 0.372 e. The van der Waals surface area contributed by atoms with E-state index in [1.54, 1.807) is 4.90 Å². The van der Waals surface area contributed by atoms with Crippen LogP contribution >= 0.6 is 11.3 Å². The summed E-state index contributed by atoms with van der Waals surface area (Å²) in [4.78, 5) is 37.3. The SMILES string of the molecule is C[C@@H]1CN(c2nc3c(c(=O)[nH]2)CCN(C(=O)c2cccs2)C3)C[C@@H](C)O1. The Labute approximate surface area is 155 Å². The van der Waals surface area contributed by atoms with Crippen molar-refractivity contribution in [2.45, 2.75) is 39.0 Å². The molecule has 1 fully saturated rings. The number of amides is 1. The number of morpholine rings is 1. The molecular weight excluding hydrogens is 352 g/mol. The monoisotopic (exact) mass is 374 g/mol. The van der Waals surface area contributed by atoms with Crippen molar-refractivity contribution in [3.8, 4) is 0 Å². The highest BCUT2D eigenvalue weighted by Gasteiger charge is 2.28. The minimum atomic E-state index is -0.0972. The normalized spacial score (nSPS) is 23.0. The van der Waals surface area contributed by atoms with Crippen molar-refractivity contribution in [3.63, 3.8) is 0 Å². The van der Waals surface area contributed by atoms with Gasteiger partial charge in [0.15, 0.2) is 0 Å². The molecule has 0 unspecified atom stereocenters. The molecule has 8 heteroatoms. The fourth-order valence-electron chi connectivity index (χ4n) is 3.66. The summed E-state index contributed by atoms with van der Waals surface area (Å²) in [5.41, 5.74) is 1.30. The highest BCUT2D eigenvalue weighted by atomic mass is 32.1. The van der Waals surface area contributed by atoms with Gasteiger partial charge in [-0.2, -0.15) is 0 Å². The van der Waals surface area contributed by atoms with Gasteiger partial charge < -0.3 is 14.5 Å². The molecule has 2 aliphatic rings. The number of carbonyl (C=O) groups excluding carboxylic acids is 1. The van der Waals surface area contributed by atoms with Crippen molar-refractivity contribution in [3.05, 3.63) is 44.0 Å². The number of ether oxygens (including phenoxy) is 1. The van der Waals surface area contributed by atoms with Gasteiger partial charge in [0.05, 0.1) is 29.3 Å². The van der Waals surface area contributed by atoms with Crippen LogP contribution in [-0.4, -0.2) is 52.6 Å². The second kappa shape index (κ2) is 6.85. The third-order valence-corrected chi connectivity index (χ3v) is 5.66. The Morgan fingerprint density at radius 3 is 2.81 bits per heavy atom. The van der Waals surface area contributed by atoms with Crippen LogP contribution in [-0.2, 0) is 17.7 Å². The van der Waals surface area contributed by atoms with E-state index in [-0.39, 0.29) is 23.7 Å². The van der Waals surface area contributed by atoms with Crippen LogP contribution in [0.3, 0.4) is 0 Å². The molecule has 26 heavy (non-hydrogen) atoms. The average Bonchev–Trinajstić information content (AvgIpc) is 3.14. The van der Waals surface area contributed by atoms with E-state index in [1.165, 1.54) is 11.3 Å². The lowest BCUT2D eigenvalue weighted by molar-refractivity contribution is -0.00575. The van der Waals surface area contributed by atoms with Gasteiger partial charge in [0, 0.05) is 25.2 Å². The number of hydrogen-bond acceptors (Lipinski definition) is 6. The Kier molecular flexibility index (Phi) is 4.54. The van der Waals surface area contributed by atoms with Gasteiger partial charge in [0.1, 0.15) is 0 Å². The first-order valence-electron chi connectivity index (χ1n) is 8.86. The number of aromatic nitrogens is 2. The molecule has 2 aromatic rings. The van der Waals surface area contributed by atoms with Crippen molar-refractivity contribution in [2.24, 2.45) is 0 Å². The molecule has 2 aromatic heterocycles. The second-order valence-electron chi connectivity index (χ2n) is 6.93. The zero-order chi connectivity index (χ0) is 18.3. The molecule has 0 bridgehead atoms. The Bertz CT molecular complexity index is 854. The summed E-state index contributed by atoms with van der Waals surface area (Å²) < 4.78 is 5.76. The standard InChI is InChI=1S/C18H22N4O3S/c1-11-8-22(9-12(2)25-11)18-19-14-10-21(6-5-13(14)16(23)20-18)17(24)15-4-3-7-26-15/h3-4,7,11-12H,5-6,8-10H2,1-2H3,(H,19,20,23)/t11-,12-/m1/s1. The highest BCUT2D eigenvalue weighted by molar-refractivity contribution is 7.12. The lowest BCUT2D eigenvalue weighted by Gasteiger charge is -2.36. The molecule has 0 saturated carbocycles. The van der Waals surface area contributed by atoms with Gasteiger partial charge in [-0.1, -0.05) is 6.07 Å². The van der Waals surface area contributed by atoms with E-state index in [0.717, 1.165) is 0 Å². The van der Waals surface area contributed by atoms with Crippen LogP contribution in [0.1, 0.15) is 34.8 Å². The van der Waals surface area contributed by atoms with E-state index < -0.39 is 0 Å². The van der Waals surface area contributed by atoms with E-state index in [0.29, 0.717) is 54.7 Å². The molecule has 0 radical (unpaired) electrons. The van der Waals surface area contributed by atoms with Gasteiger partial charge in [-0.05, 0) is 31.7 Å². The molecular formula is C18H22N4O3S. The molecule has 1 amide bonds. The van der Waals surface area contributed by atoms with Gasteiger partial charge in [0.2, 0.25) is 5.95 Å². The predicted molar refractivity (Wildman–Crippen MR) is 99.8 cm³/mol.